The fraction of sp³-hybridized carbons (Fsp3) is 0. The van der Waals surface area contributed by atoms with Crippen LogP contribution in [0.15, 0.2) is 182 Å². The number of fused-ring (bicyclic) bond motifs is 9. The van der Waals surface area contributed by atoms with Crippen LogP contribution in [0.5, 0.6) is 0 Å². The Kier molecular flexibility index (Phi) is 6.78. The first-order valence-corrected chi connectivity index (χ1v) is 20.1. The molecule has 0 aliphatic rings. The van der Waals surface area contributed by atoms with Crippen molar-refractivity contribution < 1.29 is 0 Å². The van der Waals surface area contributed by atoms with E-state index in [1.54, 1.807) is 0 Å². The van der Waals surface area contributed by atoms with E-state index in [4.69, 9.17) is 0 Å². The van der Waals surface area contributed by atoms with E-state index in [1.165, 1.54) is 72.4 Å². The van der Waals surface area contributed by atoms with Crippen LogP contribution >= 0.6 is 11.3 Å². The average Bonchev–Trinajstić information content (AvgIpc) is 3.87. The van der Waals surface area contributed by atoms with E-state index in [1.807, 2.05) is 11.3 Å². The molecular formula is C48H30N2SSe. The molecule has 3 heterocycles. The van der Waals surface area contributed by atoms with Crippen molar-refractivity contribution in [2.24, 2.45) is 0 Å². The molecule has 0 unspecified atom stereocenters. The maximum Gasteiger partial charge on any atom is -0.0380 e. The van der Waals surface area contributed by atoms with Crippen LogP contribution in [-0.4, -0.2) is 19.1 Å². The van der Waals surface area contributed by atoms with Gasteiger partial charge in [0.05, 0.1) is 5.52 Å². The van der Waals surface area contributed by atoms with Crippen molar-refractivity contribution in [1.82, 2.24) is 4.57 Å². The Morgan fingerprint density at radius 1 is 0.385 bits per heavy atom. The predicted octanol–water partition coefficient (Wildman–Crippen LogP) is 13.7. The maximum atomic E-state index is 2.42. The molecule has 0 saturated carbocycles. The zero-order valence-electron chi connectivity index (χ0n) is 28.0. The quantitative estimate of drug-likeness (QED) is 0.159. The number of hydrogen-bond acceptors (Lipinski definition) is 2. The van der Waals surface area contributed by atoms with E-state index in [-0.39, 0.29) is 0 Å². The normalized spacial score (nSPS) is 11.8. The topological polar surface area (TPSA) is 8.17 Å². The van der Waals surface area contributed by atoms with Gasteiger partial charge in [-0.25, -0.2) is 0 Å². The zero-order chi connectivity index (χ0) is 34.2. The summed E-state index contributed by atoms with van der Waals surface area (Å²) >= 11 is 2.20. The van der Waals surface area contributed by atoms with Crippen LogP contribution in [-0.2, 0) is 0 Å². The van der Waals surface area contributed by atoms with E-state index in [0.29, 0.717) is 14.5 Å². The van der Waals surface area contributed by atoms with Crippen LogP contribution in [0.3, 0.4) is 0 Å². The van der Waals surface area contributed by atoms with E-state index in [0.717, 1.165) is 22.7 Å². The van der Waals surface area contributed by atoms with Crippen molar-refractivity contribution in [3.05, 3.63) is 182 Å². The largest absolute Gasteiger partial charge is 0.0602 e. The van der Waals surface area contributed by atoms with Gasteiger partial charge in [0, 0.05) is 21.2 Å². The summed E-state index contributed by atoms with van der Waals surface area (Å²) < 4.78 is 7.96. The van der Waals surface area contributed by atoms with Gasteiger partial charge < -0.3 is 0 Å². The molecule has 244 valence electrons. The van der Waals surface area contributed by atoms with Gasteiger partial charge in [0.25, 0.3) is 0 Å². The van der Waals surface area contributed by atoms with Gasteiger partial charge in [-0.05, 0) is 24.3 Å². The zero-order valence-corrected chi connectivity index (χ0v) is 30.6. The van der Waals surface area contributed by atoms with E-state index < -0.39 is 0 Å². The van der Waals surface area contributed by atoms with Crippen LogP contribution in [0.2, 0.25) is 0 Å². The molecule has 0 aliphatic heterocycles. The van der Waals surface area contributed by atoms with Gasteiger partial charge in [0.1, 0.15) is 0 Å². The Hall–Kier alpha value is -5.90. The second-order valence-corrected chi connectivity index (χ2v) is 16.7. The van der Waals surface area contributed by atoms with Gasteiger partial charge >= 0.3 is 207 Å². The summed E-state index contributed by atoms with van der Waals surface area (Å²) in [6.45, 7) is 0. The number of aromatic nitrogens is 1. The third-order valence-electron chi connectivity index (χ3n) is 10.4. The summed E-state index contributed by atoms with van der Waals surface area (Å²) in [6, 6.07) is 67.1. The molecule has 0 radical (unpaired) electrons. The van der Waals surface area contributed by atoms with Gasteiger partial charge in [-0.1, -0.05) is 54.6 Å². The molecule has 4 heteroatoms. The molecule has 0 spiro atoms. The molecule has 0 N–H and O–H groups in total. The Labute approximate surface area is 310 Å². The molecule has 11 rings (SSSR count). The smallest absolute Gasteiger partial charge is 0.0380 e. The van der Waals surface area contributed by atoms with Crippen LogP contribution in [0, 0.1) is 0 Å². The fourth-order valence-corrected chi connectivity index (χ4v) is 11.5. The van der Waals surface area contributed by atoms with Crippen molar-refractivity contribution in [2.75, 3.05) is 4.90 Å². The minimum atomic E-state index is 0.338. The first kappa shape index (κ1) is 29.8. The molecule has 0 atom stereocenters. The number of thiophene rings is 1. The maximum absolute atomic E-state index is 2.42. The molecule has 52 heavy (non-hydrogen) atoms. The summed E-state index contributed by atoms with van der Waals surface area (Å²) in [4.78, 5) is 2.42. The van der Waals surface area contributed by atoms with E-state index in [9.17, 15) is 0 Å². The third-order valence-corrected chi connectivity index (χ3v) is 13.9. The summed E-state index contributed by atoms with van der Waals surface area (Å²) in [5.41, 5.74) is 9.46. The molecule has 0 aliphatic carbocycles. The van der Waals surface area contributed by atoms with Crippen molar-refractivity contribution in [3.8, 4) is 16.8 Å². The van der Waals surface area contributed by atoms with E-state index in [2.05, 4.69) is 191 Å². The Morgan fingerprint density at radius 3 is 1.85 bits per heavy atom. The predicted molar refractivity (Wildman–Crippen MR) is 226 cm³/mol. The monoisotopic (exact) mass is 746 g/mol. The molecule has 3 aromatic heterocycles. The molecule has 0 fully saturated rings. The number of anilines is 3. The second-order valence-electron chi connectivity index (χ2n) is 13.4. The fourth-order valence-electron chi connectivity index (χ4n) is 7.96. The van der Waals surface area contributed by atoms with Crippen molar-refractivity contribution >= 4 is 104 Å². The Morgan fingerprint density at radius 2 is 0.981 bits per heavy atom. The minimum absolute atomic E-state index is 0.338. The van der Waals surface area contributed by atoms with Gasteiger partial charge in [-0.15, -0.1) is 0 Å². The van der Waals surface area contributed by atoms with Gasteiger partial charge in [0.15, 0.2) is 0 Å². The Bertz CT molecular complexity index is 3130. The molecule has 0 amide bonds. The van der Waals surface area contributed by atoms with Crippen molar-refractivity contribution in [1.29, 1.82) is 0 Å². The van der Waals surface area contributed by atoms with Crippen molar-refractivity contribution in [2.45, 2.75) is 0 Å². The first-order valence-electron chi connectivity index (χ1n) is 17.6. The Balaban J connectivity index is 1.09. The molecule has 2 nitrogen and oxygen atoms in total. The molecule has 0 bridgehead atoms. The van der Waals surface area contributed by atoms with Gasteiger partial charge in [-0.2, -0.15) is 0 Å². The van der Waals surface area contributed by atoms with Gasteiger partial charge in [0.2, 0.25) is 0 Å². The molecule has 0 saturated heterocycles. The van der Waals surface area contributed by atoms with Crippen LogP contribution in [0.25, 0.3) is 78.1 Å². The second kappa shape index (κ2) is 11.8. The average molecular weight is 746 g/mol. The first-order chi connectivity index (χ1) is 25.8. The summed E-state index contributed by atoms with van der Waals surface area (Å²) in [5, 5.41) is 7.92. The van der Waals surface area contributed by atoms with Crippen LogP contribution < -0.4 is 4.90 Å². The number of benzene rings is 8. The van der Waals surface area contributed by atoms with Crippen LogP contribution in [0.1, 0.15) is 0 Å². The number of nitrogens with zero attached hydrogens (tertiary/aromatic N) is 2. The third kappa shape index (κ3) is 4.69. The minimum Gasteiger partial charge on any atom is -0.0602 e. The summed E-state index contributed by atoms with van der Waals surface area (Å²) in [7, 11) is 0. The van der Waals surface area contributed by atoms with Crippen molar-refractivity contribution in [3.63, 3.8) is 0 Å². The standard InChI is InChI=1S/C48H30N2SSe/c1-2-10-33(11-3-1)50-43-15-7-4-12-37(43)38-26-23-35(29-44(38)50)49(36-24-27-40-39-13-5-8-16-45(39)51-46(40)30-36)34-21-18-31(19-22-34)32-20-25-42-41-14-6-9-17-47(41)52-48(42)28-32/h1-30H. The van der Waals surface area contributed by atoms with Gasteiger partial charge in [-0.3, -0.25) is 0 Å². The SMILES string of the molecule is c1ccc(-n2c3ccccc3c3ccc(N(c4ccc(-c5ccc6c(c5)[se]c5ccccc56)cc4)c4ccc5c(c4)sc4ccccc45)cc32)cc1. The molecule has 11 aromatic rings. The number of hydrogen-bond donors (Lipinski definition) is 0. The van der Waals surface area contributed by atoms with E-state index >= 15 is 0 Å². The molecular weight excluding hydrogens is 716 g/mol. The van der Waals surface area contributed by atoms with Crippen LogP contribution in [0.4, 0.5) is 17.1 Å². The number of para-hydroxylation sites is 2. The number of rotatable bonds is 5. The summed E-state index contributed by atoms with van der Waals surface area (Å²) in [6.07, 6.45) is 0. The molecule has 8 aromatic carbocycles. The summed E-state index contributed by atoms with van der Waals surface area (Å²) in [5.74, 6) is 0.